The third-order valence-corrected chi connectivity index (χ3v) is 10.2. The Labute approximate surface area is 256 Å². The zero-order valence-corrected chi connectivity index (χ0v) is 24.4. The molecule has 3 saturated heterocycles. The first-order chi connectivity index (χ1) is 21.4. The van der Waals surface area contributed by atoms with Crippen LogP contribution in [-0.2, 0) is 6.18 Å². The van der Waals surface area contributed by atoms with Crippen LogP contribution in [0.15, 0.2) is 18.2 Å². The summed E-state index contributed by atoms with van der Waals surface area (Å²) in [5, 5.41) is 18.7. The summed E-state index contributed by atoms with van der Waals surface area (Å²) in [5.41, 5.74) is 1.93. The highest BCUT2D eigenvalue weighted by Crippen LogP contribution is 2.48. The Morgan fingerprint density at radius 2 is 1.98 bits per heavy atom. The number of benzene rings is 2. The van der Waals surface area contributed by atoms with Gasteiger partial charge in [-0.3, -0.25) is 4.90 Å². The second-order valence-corrected chi connectivity index (χ2v) is 13.0. The Hall–Kier alpha value is -3.87. The van der Waals surface area contributed by atoms with Crippen molar-refractivity contribution in [3.05, 3.63) is 41.0 Å². The summed E-state index contributed by atoms with van der Waals surface area (Å²) < 4.78 is 95.8. The van der Waals surface area contributed by atoms with Crippen LogP contribution in [0.3, 0.4) is 0 Å². The number of aliphatic hydroxyl groups is 1. The maximum atomic E-state index is 16.7. The van der Waals surface area contributed by atoms with Crippen LogP contribution in [0.5, 0.6) is 6.01 Å². The predicted octanol–water partition coefficient (Wildman–Crippen LogP) is 5.65. The van der Waals surface area contributed by atoms with Crippen molar-refractivity contribution in [2.45, 2.75) is 37.1 Å². The molecule has 0 radical (unpaired) electrons. The number of nitrogens with zero attached hydrogens (tertiary/aromatic N) is 5. The molecule has 4 aromatic rings. The highest BCUT2D eigenvalue weighted by Gasteiger charge is 2.49. The lowest BCUT2D eigenvalue weighted by Gasteiger charge is -2.39. The number of thiophene rings is 1. The molecule has 2 aromatic carbocycles. The Morgan fingerprint density at radius 3 is 2.69 bits per heavy atom. The van der Waals surface area contributed by atoms with E-state index < -0.39 is 46.2 Å². The van der Waals surface area contributed by atoms with Gasteiger partial charge < -0.3 is 20.5 Å². The fourth-order valence-corrected chi connectivity index (χ4v) is 7.95. The van der Waals surface area contributed by atoms with Crippen LogP contribution < -0.4 is 15.4 Å². The lowest BCUT2D eigenvalue weighted by atomic mass is 9.92. The van der Waals surface area contributed by atoms with E-state index in [0.29, 0.717) is 24.3 Å². The maximum Gasteiger partial charge on any atom is 0.417 e. The van der Waals surface area contributed by atoms with Gasteiger partial charge in [-0.1, -0.05) is 6.07 Å². The molecule has 5 heterocycles. The summed E-state index contributed by atoms with van der Waals surface area (Å²) >= 11 is 0.682. The second kappa shape index (κ2) is 10.6. The maximum absolute atomic E-state index is 16.7. The molecule has 15 heteroatoms. The quantitative estimate of drug-likeness (QED) is 0.258. The standard InChI is InChI=1S/C30H26F6N6O2S/c31-15-7-29(4-1-5-42(29)11-15)13-44-28-39-24-17(27(40-28)41-9-14(10-41)12-43)6-19(30(34,35)36)22(23(24)33)16-2-3-20(32)25-21(16)18(8-37)26(38)45-25/h2-3,6,14-15,43H,1,4-5,7,9-13,38H2. The Bertz CT molecular complexity index is 1890. The molecule has 236 valence electrons. The first kappa shape index (κ1) is 29.8. The van der Waals surface area contributed by atoms with Gasteiger partial charge in [0.05, 0.1) is 21.4 Å². The van der Waals surface area contributed by atoms with E-state index in [1.54, 1.807) is 11.0 Å². The minimum Gasteiger partial charge on any atom is -0.461 e. The molecule has 8 nitrogen and oxygen atoms in total. The SMILES string of the molecule is N#Cc1c(N)sc2c(F)ccc(-c3c(C(F)(F)F)cc4c(N5CC(CO)C5)nc(OCC56CCCN5CC(F)C6)nc4c3F)c12. The molecule has 0 aliphatic carbocycles. The lowest BCUT2D eigenvalue weighted by molar-refractivity contribution is -0.137. The van der Waals surface area contributed by atoms with E-state index in [0.717, 1.165) is 24.6 Å². The van der Waals surface area contributed by atoms with E-state index in [1.807, 2.05) is 4.90 Å². The van der Waals surface area contributed by atoms with Gasteiger partial charge >= 0.3 is 12.2 Å². The van der Waals surface area contributed by atoms with Crippen molar-refractivity contribution < 1.29 is 36.2 Å². The molecule has 3 aliphatic heterocycles. The van der Waals surface area contributed by atoms with Gasteiger partial charge in [-0.05, 0) is 37.1 Å². The van der Waals surface area contributed by atoms with Gasteiger partial charge in [0, 0.05) is 54.9 Å². The van der Waals surface area contributed by atoms with Gasteiger partial charge in [-0.25, -0.2) is 13.2 Å². The van der Waals surface area contributed by atoms with Crippen LogP contribution in [0.1, 0.15) is 30.4 Å². The summed E-state index contributed by atoms with van der Waals surface area (Å²) in [4.78, 5) is 12.2. The number of nitrogen functional groups attached to an aromatic ring is 1. The molecule has 0 bridgehead atoms. The van der Waals surface area contributed by atoms with E-state index in [1.165, 1.54) is 0 Å². The lowest BCUT2D eigenvalue weighted by Crippen LogP contribution is -2.49. The largest absolute Gasteiger partial charge is 0.461 e. The number of alkyl halides is 4. The number of aliphatic hydroxyl groups excluding tert-OH is 1. The van der Waals surface area contributed by atoms with Crippen LogP contribution in [0.2, 0.25) is 0 Å². The van der Waals surface area contributed by atoms with Crippen LogP contribution in [0, 0.1) is 28.9 Å². The minimum absolute atomic E-state index is 0.00500. The number of hydrogen-bond donors (Lipinski definition) is 2. The van der Waals surface area contributed by atoms with Crippen molar-refractivity contribution in [2.75, 3.05) is 50.0 Å². The summed E-state index contributed by atoms with van der Waals surface area (Å²) in [7, 11) is 0. The number of halogens is 6. The number of fused-ring (bicyclic) bond motifs is 3. The molecule has 0 saturated carbocycles. The Kier molecular flexibility index (Phi) is 7.03. The van der Waals surface area contributed by atoms with E-state index in [-0.39, 0.29) is 88.6 Å². The average Bonchev–Trinajstić information content (AvgIpc) is 3.61. The molecule has 2 atom stereocenters. The highest BCUT2D eigenvalue weighted by atomic mass is 32.1. The van der Waals surface area contributed by atoms with Crippen LogP contribution >= 0.6 is 11.3 Å². The molecule has 2 unspecified atom stereocenters. The molecular weight excluding hydrogens is 622 g/mol. The van der Waals surface area contributed by atoms with Gasteiger partial charge in [-0.2, -0.15) is 28.4 Å². The van der Waals surface area contributed by atoms with Crippen molar-refractivity contribution in [1.29, 1.82) is 5.26 Å². The summed E-state index contributed by atoms with van der Waals surface area (Å²) in [6, 6.07) is 4.16. The number of nitriles is 1. The zero-order chi connectivity index (χ0) is 31.8. The molecular formula is C30H26F6N6O2S. The molecule has 7 rings (SSSR count). The van der Waals surface area contributed by atoms with E-state index in [4.69, 9.17) is 10.5 Å². The van der Waals surface area contributed by atoms with Crippen LogP contribution in [0.25, 0.3) is 32.1 Å². The average molecular weight is 649 g/mol. The van der Waals surface area contributed by atoms with Gasteiger partial charge in [0.2, 0.25) is 0 Å². The van der Waals surface area contributed by atoms with Crippen molar-refractivity contribution in [3.8, 4) is 23.2 Å². The van der Waals surface area contributed by atoms with Gasteiger partial charge in [-0.15, -0.1) is 11.3 Å². The van der Waals surface area contributed by atoms with Gasteiger partial charge in [0.15, 0.2) is 5.82 Å². The van der Waals surface area contributed by atoms with E-state index in [2.05, 4.69) is 9.97 Å². The number of hydrogen-bond acceptors (Lipinski definition) is 9. The number of nitrogens with two attached hydrogens (primary N) is 1. The topological polar surface area (TPSA) is 112 Å². The normalized spacial score (nSPS) is 22.3. The Balaban J connectivity index is 1.44. The van der Waals surface area contributed by atoms with Crippen molar-refractivity contribution in [3.63, 3.8) is 0 Å². The van der Waals surface area contributed by atoms with E-state index in [9.17, 15) is 32.3 Å². The van der Waals surface area contributed by atoms with Gasteiger partial charge in [0.25, 0.3) is 0 Å². The molecule has 3 aliphatic rings. The highest BCUT2D eigenvalue weighted by molar-refractivity contribution is 7.23. The molecule has 2 aromatic heterocycles. The summed E-state index contributed by atoms with van der Waals surface area (Å²) in [6.45, 7) is 1.34. The monoisotopic (exact) mass is 648 g/mol. The number of ether oxygens (including phenoxy) is 1. The summed E-state index contributed by atoms with van der Waals surface area (Å²) in [5.74, 6) is -2.34. The first-order valence-corrected chi connectivity index (χ1v) is 15.2. The fourth-order valence-electron chi connectivity index (χ4n) is 7.00. The molecule has 45 heavy (non-hydrogen) atoms. The zero-order valence-electron chi connectivity index (χ0n) is 23.6. The fraction of sp³-hybridized carbons (Fsp3) is 0.433. The third-order valence-electron chi connectivity index (χ3n) is 9.14. The van der Waals surface area contributed by atoms with Crippen molar-refractivity contribution >= 4 is 43.1 Å². The number of aromatic nitrogens is 2. The number of rotatable bonds is 6. The molecule has 0 spiro atoms. The van der Waals surface area contributed by atoms with Crippen LogP contribution in [-0.4, -0.2) is 71.1 Å². The smallest absolute Gasteiger partial charge is 0.417 e. The van der Waals surface area contributed by atoms with E-state index >= 15 is 4.39 Å². The third kappa shape index (κ3) is 4.72. The van der Waals surface area contributed by atoms with Gasteiger partial charge in [0.1, 0.15) is 41.0 Å². The molecule has 3 N–H and O–H groups in total. The van der Waals surface area contributed by atoms with Crippen LogP contribution in [0.4, 0.5) is 37.2 Å². The number of anilines is 2. The molecule has 3 fully saturated rings. The minimum atomic E-state index is -5.08. The summed E-state index contributed by atoms with van der Waals surface area (Å²) in [6.07, 6.45) is -4.34. The van der Waals surface area contributed by atoms with Crippen molar-refractivity contribution in [1.82, 2.24) is 14.9 Å². The Morgan fingerprint density at radius 1 is 1.20 bits per heavy atom. The molecule has 0 amide bonds. The first-order valence-electron chi connectivity index (χ1n) is 14.3. The second-order valence-electron chi connectivity index (χ2n) is 11.9. The van der Waals surface area contributed by atoms with Crippen molar-refractivity contribution in [2.24, 2.45) is 5.92 Å². The predicted molar refractivity (Wildman–Crippen MR) is 156 cm³/mol.